The standard InChI is InChI=1S/C27H19BrN2O5S2/c28-16-7-5-15(6-8-16)11-23(31)29-35-27(33)26-22(14-36-25-13-24(32)30(25)26)37-17-9-10-19-18-3-1-2-4-20(18)34-21(19)12-17/h1-10,12,25H,11,13-14H2,(H,29,31)/t25-/m0/s1. The molecule has 0 aliphatic carbocycles. The predicted octanol–water partition coefficient (Wildman–Crippen LogP) is 5.77. The van der Waals surface area contributed by atoms with Crippen LogP contribution in [0.3, 0.4) is 0 Å². The van der Waals surface area contributed by atoms with Crippen molar-refractivity contribution in [3.63, 3.8) is 0 Å². The molecule has 2 aliphatic rings. The largest absolute Gasteiger partial charge is 0.456 e. The van der Waals surface area contributed by atoms with Gasteiger partial charge >= 0.3 is 5.97 Å². The number of nitrogens with zero attached hydrogens (tertiary/aromatic N) is 1. The highest BCUT2D eigenvalue weighted by Crippen LogP contribution is 2.45. The molecule has 1 saturated heterocycles. The molecular weight excluding hydrogens is 576 g/mol. The van der Waals surface area contributed by atoms with Crippen LogP contribution >= 0.6 is 39.5 Å². The molecule has 10 heteroatoms. The van der Waals surface area contributed by atoms with E-state index in [1.165, 1.54) is 16.7 Å². The molecule has 1 fully saturated rings. The van der Waals surface area contributed by atoms with Crippen molar-refractivity contribution in [1.82, 2.24) is 10.4 Å². The molecule has 1 N–H and O–H groups in total. The molecule has 6 rings (SSSR count). The Kier molecular flexibility index (Phi) is 6.48. The van der Waals surface area contributed by atoms with E-state index in [4.69, 9.17) is 9.25 Å². The fraction of sp³-hybridized carbons (Fsp3) is 0.148. The van der Waals surface area contributed by atoms with Gasteiger partial charge in [-0.1, -0.05) is 58.0 Å². The number of carbonyl (C=O) groups excluding carboxylic acids is 3. The lowest BCUT2D eigenvalue weighted by Crippen LogP contribution is -2.54. The number of benzene rings is 3. The molecule has 2 aliphatic heterocycles. The number of carbonyl (C=O) groups is 3. The van der Waals surface area contributed by atoms with E-state index in [1.54, 1.807) is 11.8 Å². The summed E-state index contributed by atoms with van der Waals surface area (Å²) < 4.78 is 6.91. The Morgan fingerprint density at radius 1 is 1.08 bits per heavy atom. The second-order valence-electron chi connectivity index (χ2n) is 8.58. The van der Waals surface area contributed by atoms with Gasteiger partial charge in [0.15, 0.2) is 0 Å². The van der Waals surface area contributed by atoms with Crippen molar-refractivity contribution in [3.8, 4) is 0 Å². The number of para-hydroxylation sites is 1. The summed E-state index contributed by atoms with van der Waals surface area (Å²) in [6, 6.07) is 21.0. The first-order valence-corrected chi connectivity index (χ1v) is 14.1. The average Bonchev–Trinajstić information content (AvgIpc) is 3.26. The van der Waals surface area contributed by atoms with E-state index in [0.717, 1.165) is 36.9 Å². The van der Waals surface area contributed by atoms with E-state index >= 15 is 0 Å². The van der Waals surface area contributed by atoms with Crippen LogP contribution in [0, 0.1) is 0 Å². The number of furan rings is 1. The number of β-lactam (4-membered cyclic amide) rings is 1. The first kappa shape index (κ1) is 24.1. The lowest BCUT2D eigenvalue weighted by molar-refractivity contribution is -0.158. The quantitative estimate of drug-likeness (QED) is 0.231. The van der Waals surface area contributed by atoms with Crippen LogP contribution in [0.1, 0.15) is 12.0 Å². The Morgan fingerprint density at radius 3 is 2.68 bits per heavy atom. The molecule has 0 radical (unpaired) electrons. The predicted molar refractivity (Wildman–Crippen MR) is 146 cm³/mol. The number of hydrogen-bond donors (Lipinski definition) is 1. The van der Waals surface area contributed by atoms with Gasteiger partial charge in [0.25, 0.3) is 5.91 Å². The van der Waals surface area contributed by atoms with E-state index < -0.39 is 11.9 Å². The maximum absolute atomic E-state index is 13.1. The van der Waals surface area contributed by atoms with Gasteiger partial charge in [0.1, 0.15) is 16.9 Å². The zero-order chi connectivity index (χ0) is 25.5. The van der Waals surface area contributed by atoms with Crippen LogP contribution in [-0.2, 0) is 25.6 Å². The minimum absolute atomic E-state index is 0.0554. The normalized spacial score (nSPS) is 17.1. The Morgan fingerprint density at radius 2 is 1.86 bits per heavy atom. The van der Waals surface area contributed by atoms with Crippen molar-refractivity contribution in [1.29, 1.82) is 0 Å². The van der Waals surface area contributed by atoms with Gasteiger partial charge in [-0.05, 0) is 42.0 Å². The molecular formula is C27H19BrN2O5S2. The molecule has 0 spiro atoms. The van der Waals surface area contributed by atoms with Crippen LogP contribution in [0.4, 0.5) is 0 Å². The summed E-state index contributed by atoms with van der Waals surface area (Å²) in [7, 11) is 0. The number of thioether (sulfide) groups is 2. The van der Waals surface area contributed by atoms with Crippen molar-refractivity contribution in [2.24, 2.45) is 0 Å². The summed E-state index contributed by atoms with van der Waals surface area (Å²) in [5.41, 5.74) is 4.75. The Hall–Kier alpha value is -3.21. The molecule has 3 heterocycles. The Balaban J connectivity index is 1.23. The topological polar surface area (TPSA) is 88.8 Å². The number of fused-ring (bicyclic) bond motifs is 4. The smallest absolute Gasteiger partial charge is 0.380 e. The fourth-order valence-corrected chi connectivity index (χ4v) is 7.02. The number of halogens is 1. The van der Waals surface area contributed by atoms with Crippen LogP contribution in [0.15, 0.2) is 91.1 Å². The van der Waals surface area contributed by atoms with Gasteiger partial charge < -0.3 is 9.25 Å². The summed E-state index contributed by atoms with van der Waals surface area (Å²) in [4.78, 5) is 46.1. The average molecular weight is 595 g/mol. The summed E-state index contributed by atoms with van der Waals surface area (Å²) >= 11 is 6.36. The van der Waals surface area contributed by atoms with Crippen molar-refractivity contribution in [2.75, 3.05) is 5.75 Å². The zero-order valence-electron chi connectivity index (χ0n) is 19.2. The number of hydroxylamine groups is 1. The van der Waals surface area contributed by atoms with Crippen LogP contribution in [-0.4, -0.2) is 33.8 Å². The first-order chi connectivity index (χ1) is 18.0. The second kappa shape index (κ2) is 9.92. The highest BCUT2D eigenvalue weighted by molar-refractivity contribution is 9.10. The zero-order valence-corrected chi connectivity index (χ0v) is 22.5. The number of rotatable bonds is 5. The van der Waals surface area contributed by atoms with Crippen molar-refractivity contribution >= 4 is 79.2 Å². The van der Waals surface area contributed by atoms with Crippen LogP contribution in [0.5, 0.6) is 0 Å². The second-order valence-corrected chi connectivity index (χ2v) is 11.8. The Labute approximate surface area is 228 Å². The highest BCUT2D eigenvalue weighted by Gasteiger charge is 2.46. The van der Waals surface area contributed by atoms with Crippen LogP contribution < -0.4 is 5.48 Å². The van der Waals surface area contributed by atoms with E-state index in [9.17, 15) is 14.4 Å². The number of nitrogens with one attached hydrogen (secondary N) is 1. The Bertz CT molecular complexity index is 1600. The van der Waals surface area contributed by atoms with E-state index in [1.807, 2.05) is 66.7 Å². The molecule has 7 nitrogen and oxygen atoms in total. The molecule has 186 valence electrons. The molecule has 4 aromatic rings. The van der Waals surface area contributed by atoms with E-state index in [2.05, 4.69) is 21.4 Å². The molecule has 0 bridgehead atoms. The summed E-state index contributed by atoms with van der Waals surface area (Å²) in [6.07, 6.45) is 0.431. The minimum atomic E-state index is -0.755. The van der Waals surface area contributed by atoms with Gasteiger partial charge in [0.2, 0.25) is 5.91 Å². The molecule has 3 aromatic carbocycles. The molecule has 37 heavy (non-hydrogen) atoms. The third kappa shape index (κ3) is 4.76. The van der Waals surface area contributed by atoms with Crippen molar-refractivity contribution in [2.45, 2.75) is 23.1 Å². The molecule has 1 atom stereocenters. The molecule has 1 aromatic heterocycles. The minimum Gasteiger partial charge on any atom is -0.456 e. The maximum atomic E-state index is 13.1. The fourth-order valence-electron chi connectivity index (χ4n) is 4.34. The summed E-state index contributed by atoms with van der Waals surface area (Å²) in [5.74, 6) is -0.808. The third-order valence-electron chi connectivity index (χ3n) is 6.14. The summed E-state index contributed by atoms with van der Waals surface area (Å²) in [6.45, 7) is 0. The van der Waals surface area contributed by atoms with Crippen molar-refractivity contribution < 1.29 is 23.6 Å². The van der Waals surface area contributed by atoms with Gasteiger partial charge in [-0.25, -0.2) is 4.79 Å². The van der Waals surface area contributed by atoms with Gasteiger partial charge in [0.05, 0.1) is 18.2 Å². The maximum Gasteiger partial charge on any atom is 0.380 e. The van der Waals surface area contributed by atoms with E-state index in [0.29, 0.717) is 17.1 Å². The van der Waals surface area contributed by atoms with Crippen LogP contribution in [0.25, 0.3) is 21.9 Å². The van der Waals surface area contributed by atoms with Gasteiger partial charge in [-0.3, -0.25) is 14.5 Å². The molecule has 2 amide bonds. The SMILES string of the molecule is O=C(Cc1ccc(Br)cc1)NOC(=O)C1=C(Sc2ccc3c(c2)oc2ccccc23)CS[C@H]2CC(=O)N12. The van der Waals surface area contributed by atoms with Gasteiger partial charge in [0, 0.05) is 30.8 Å². The number of amides is 2. The van der Waals surface area contributed by atoms with Gasteiger partial charge in [-0.2, -0.15) is 5.48 Å². The molecule has 0 unspecified atom stereocenters. The van der Waals surface area contributed by atoms with Crippen LogP contribution in [0.2, 0.25) is 0 Å². The highest BCUT2D eigenvalue weighted by atomic mass is 79.9. The van der Waals surface area contributed by atoms with Crippen molar-refractivity contribution in [3.05, 3.63) is 87.4 Å². The first-order valence-electron chi connectivity index (χ1n) is 11.5. The third-order valence-corrected chi connectivity index (χ3v) is 9.14. The molecule has 0 saturated carbocycles. The lowest BCUT2D eigenvalue weighted by atomic mass is 10.1. The monoisotopic (exact) mass is 594 g/mol. The van der Waals surface area contributed by atoms with Gasteiger partial charge in [-0.15, -0.1) is 11.8 Å². The summed E-state index contributed by atoms with van der Waals surface area (Å²) in [5, 5.41) is 1.95. The number of hydrogen-bond acceptors (Lipinski definition) is 7. The lowest BCUT2D eigenvalue weighted by Gasteiger charge is -2.44. The van der Waals surface area contributed by atoms with E-state index in [-0.39, 0.29) is 23.4 Å².